The number of hydrogen-bond acceptors (Lipinski definition) is 5. The van der Waals surface area contributed by atoms with E-state index in [1.54, 1.807) is 24.3 Å². The Kier molecular flexibility index (Phi) is 7.87. The lowest BCUT2D eigenvalue weighted by Gasteiger charge is -2.32. The molecule has 168 valence electrons. The van der Waals surface area contributed by atoms with Crippen molar-refractivity contribution >= 4 is 11.6 Å². The molecule has 1 heterocycles. The molecule has 0 radical (unpaired) electrons. The number of nitrogens with two attached hydrogens (primary N) is 2. The summed E-state index contributed by atoms with van der Waals surface area (Å²) in [5.74, 6) is 0.107. The Balaban J connectivity index is 1.46. The lowest BCUT2D eigenvalue weighted by atomic mass is 9.88. The first-order valence-electron chi connectivity index (χ1n) is 10.8. The van der Waals surface area contributed by atoms with Gasteiger partial charge in [0.15, 0.2) is 0 Å². The standard InChI is InChI=1S/C24H32FN3O3/c1-31-23-15-22(26)18(14-21(23)24(27)30)12-17-6-9-28(10-7-17)11-8-20(29)13-16-2-4-19(25)5-3-16/h2-5,14-15,17,20,29H,6-13,26H2,1H3,(H2,27,30). The number of nitrogen functional groups attached to an aromatic ring is 1. The van der Waals surface area contributed by atoms with Gasteiger partial charge in [-0.2, -0.15) is 0 Å². The van der Waals surface area contributed by atoms with Gasteiger partial charge in [0, 0.05) is 18.3 Å². The number of aliphatic hydroxyl groups excluding tert-OH is 1. The van der Waals surface area contributed by atoms with Gasteiger partial charge in [-0.25, -0.2) is 4.39 Å². The van der Waals surface area contributed by atoms with Crippen molar-refractivity contribution in [2.75, 3.05) is 32.5 Å². The molecule has 31 heavy (non-hydrogen) atoms. The Morgan fingerprint density at radius 1 is 1.26 bits per heavy atom. The fourth-order valence-electron chi connectivity index (χ4n) is 4.23. The minimum absolute atomic E-state index is 0.261. The van der Waals surface area contributed by atoms with Crippen molar-refractivity contribution in [3.63, 3.8) is 0 Å². The highest BCUT2D eigenvalue weighted by molar-refractivity contribution is 5.96. The summed E-state index contributed by atoms with van der Waals surface area (Å²) in [6.45, 7) is 2.77. The summed E-state index contributed by atoms with van der Waals surface area (Å²) < 4.78 is 18.2. The van der Waals surface area contributed by atoms with Crippen molar-refractivity contribution in [1.82, 2.24) is 4.90 Å². The van der Waals surface area contributed by atoms with Gasteiger partial charge in [0.25, 0.3) is 5.91 Å². The maximum absolute atomic E-state index is 13.0. The quantitative estimate of drug-likeness (QED) is 0.532. The molecule has 5 N–H and O–H groups in total. The molecule has 1 aliphatic rings. The average molecular weight is 430 g/mol. The number of amides is 1. The molecular weight excluding hydrogens is 397 g/mol. The van der Waals surface area contributed by atoms with Crippen LogP contribution in [0, 0.1) is 11.7 Å². The van der Waals surface area contributed by atoms with Gasteiger partial charge in [-0.15, -0.1) is 0 Å². The zero-order valence-corrected chi connectivity index (χ0v) is 18.0. The van der Waals surface area contributed by atoms with Crippen LogP contribution in [0.4, 0.5) is 10.1 Å². The summed E-state index contributed by atoms with van der Waals surface area (Å²) in [6, 6.07) is 9.72. The van der Waals surface area contributed by atoms with Gasteiger partial charge < -0.3 is 26.2 Å². The molecule has 0 aromatic heterocycles. The number of ether oxygens (including phenoxy) is 1. The van der Waals surface area contributed by atoms with Crippen molar-refractivity contribution in [2.45, 2.75) is 38.2 Å². The lowest BCUT2D eigenvalue weighted by molar-refractivity contribution is 0.0997. The SMILES string of the molecule is COc1cc(N)c(CC2CCN(CCC(O)Cc3ccc(F)cc3)CC2)cc1C(N)=O. The van der Waals surface area contributed by atoms with Gasteiger partial charge in [-0.1, -0.05) is 12.1 Å². The number of rotatable bonds is 9. The Labute approximate surface area is 183 Å². The summed E-state index contributed by atoms with van der Waals surface area (Å²) in [6.07, 6.45) is 3.66. The van der Waals surface area contributed by atoms with Gasteiger partial charge in [0.2, 0.25) is 0 Å². The number of likely N-dealkylation sites (tertiary alicyclic amines) is 1. The van der Waals surface area contributed by atoms with Crippen LogP contribution in [0.2, 0.25) is 0 Å². The molecule has 1 amide bonds. The van der Waals surface area contributed by atoms with E-state index in [1.165, 1.54) is 19.2 Å². The highest BCUT2D eigenvalue weighted by Crippen LogP contribution is 2.30. The molecule has 0 spiro atoms. The van der Waals surface area contributed by atoms with Crippen LogP contribution < -0.4 is 16.2 Å². The van der Waals surface area contributed by atoms with E-state index in [2.05, 4.69) is 4.90 Å². The maximum Gasteiger partial charge on any atom is 0.252 e. The van der Waals surface area contributed by atoms with Crippen molar-refractivity contribution in [2.24, 2.45) is 11.7 Å². The largest absolute Gasteiger partial charge is 0.496 e. The molecule has 6 nitrogen and oxygen atoms in total. The lowest BCUT2D eigenvalue weighted by Crippen LogP contribution is -2.36. The number of methoxy groups -OCH3 is 1. The Bertz CT molecular complexity index is 880. The molecule has 1 saturated heterocycles. The van der Waals surface area contributed by atoms with Crippen molar-refractivity contribution < 1.29 is 19.0 Å². The predicted molar refractivity (Wildman–Crippen MR) is 120 cm³/mol. The smallest absolute Gasteiger partial charge is 0.252 e. The molecule has 3 rings (SSSR count). The first-order chi connectivity index (χ1) is 14.9. The van der Waals surface area contributed by atoms with Gasteiger partial charge in [-0.05, 0) is 80.4 Å². The van der Waals surface area contributed by atoms with Crippen molar-refractivity contribution in [1.29, 1.82) is 0 Å². The molecule has 1 atom stereocenters. The van der Waals surface area contributed by atoms with E-state index in [0.29, 0.717) is 35.8 Å². The summed E-state index contributed by atoms with van der Waals surface area (Å²) >= 11 is 0. The second kappa shape index (κ2) is 10.6. The Morgan fingerprint density at radius 3 is 2.55 bits per heavy atom. The van der Waals surface area contributed by atoms with Crippen LogP contribution in [-0.4, -0.2) is 48.8 Å². The predicted octanol–water partition coefficient (Wildman–Crippen LogP) is 2.76. The Hall–Kier alpha value is -2.64. The third kappa shape index (κ3) is 6.42. The van der Waals surface area contributed by atoms with Crippen LogP contribution in [0.25, 0.3) is 0 Å². The second-order valence-electron chi connectivity index (χ2n) is 8.38. The van der Waals surface area contributed by atoms with E-state index in [9.17, 15) is 14.3 Å². The summed E-state index contributed by atoms with van der Waals surface area (Å²) in [5.41, 5.74) is 14.5. The molecule has 2 aromatic rings. The number of hydrogen-bond donors (Lipinski definition) is 3. The number of nitrogens with zero attached hydrogens (tertiary/aromatic N) is 1. The number of aliphatic hydroxyl groups is 1. The molecule has 2 aromatic carbocycles. The van der Waals surface area contributed by atoms with Crippen molar-refractivity contribution in [3.05, 3.63) is 58.9 Å². The molecule has 0 bridgehead atoms. The fraction of sp³-hybridized carbons (Fsp3) is 0.458. The minimum Gasteiger partial charge on any atom is -0.496 e. The molecule has 1 aliphatic heterocycles. The molecule has 0 aliphatic carbocycles. The maximum atomic E-state index is 13.0. The third-order valence-electron chi connectivity index (χ3n) is 6.11. The molecule has 1 unspecified atom stereocenters. The Morgan fingerprint density at radius 2 is 1.94 bits per heavy atom. The average Bonchev–Trinajstić information content (AvgIpc) is 2.75. The van der Waals surface area contributed by atoms with E-state index < -0.39 is 12.0 Å². The fourth-order valence-corrected chi connectivity index (χ4v) is 4.23. The van der Waals surface area contributed by atoms with Gasteiger partial charge in [0.05, 0.1) is 18.8 Å². The first-order valence-corrected chi connectivity index (χ1v) is 10.8. The first kappa shape index (κ1) is 23.0. The van der Waals surface area contributed by atoms with E-state index in [4.69, 9.17) is 16.2 Å². The minimum atomic E-state index is -0.521. The second-order valence-corrected chi connectivity index (χ2v) is 8.38. The monoisotopic (exact) mass is 429 g/mol. The van der Waals surface area contributed by atoms with Crippen LogP contribution in [0.5, 0.6) is 5.75 Å². The van der Waals surface area contributed by atoms with Gasteiger partial charge in [0.1, 0.15) is 11.6 Å². The topological polar surface area (TPSA) is 102 Å². The van der Waals surface area contributed by atoms with E-state index in [-0.39, 0.29) is 5.82 Å². The number of halogens is 1. The molecule has 7 heteroatoms. The zero-order chi connectivity index (χ0) is 22.4. The van der Waals surface area contributed by atoms with E-state index in [0.717, 1.165) is 50.0 Å². The normalized spacial score (nSPS) is 16.2. The van der Waals surface area contributed by atoms with Crippen molar-refractivity contribution in [3.8, 4) is 5.75 Å². The highest BCUT2D eigenvalue weighted by Gasteiger charge is 2.22. The van der Waals surface area contributed by atoms with Gasteiger partial charge >= 0.3 is 0 Å². The zero-order valence-electron chi connectivity index (χ0n) is 18.0. The number of piperidine rings is 1. The van der Waals surface area contributed by atoms with Crippen LogP contribution in [-0.2, 0) is 12.8 Å². The third-order valence-corrected chi connectivity index (χ3v) is 6.11. The number of primary amides is 1. The van der Waals surface area contributed by atoms with E-state index in [1.807, 2.05) is 0 Å². The van der Waals surface area contributed by atoms with Crippen LogP contribution in [0.1, 0.15) is 40.7 Å². The summed E-state index contributed by atoms with van der Waals surface area (Å²) in [7, 11) is 1.49. The van der Waals surface area contributed by atoms with E-state index >= 15 is 0 Å². The summed E-state index contributed by atoms with van der Waals surface area (Å²) in [5, 5.41) is 10.3. The molecular formula is C24H32FN3O3. The van der Waals surface area contributed by atoms with Crippen LogP contribution >= 0.6 is 0 Å². The highest BCUT2D eigenvalue weighted by atomic mass is 19.1. The molecule has 1 fully saturated rings. The number of anilines is 1. The molecule has 0 saturated carbocycles. The van der Waals surface area contributed by atoms with Crippen LogP contribution in [0.15, 0.2) is 36.4 Å². The number of carbonyl (C=O) groups is 1. The number of benzene rings is 2. The number of carbonyl (C=O) groups excluding carboxylic acids is 1. The van der Waals surface area contributed by atoms with Crippen LogP contribution in [0.3, 0.4) is 0 Å². The summed E-state index contributed by atoms with van der Waals surface area (Å²) in [4.78, 5) is 14.1. The van der Waals surface area contributed by atoms with Gasteiger partial charge in [-0.3, -0.25) is 4.79 Å².